The molecular weight excluding hydrogens is 256 g/mol. The Morgan fingerprint density at radius 2 is 2.05 bits per heavy atom. The zero-order chi connectivity index (χ0) is 15.1. The average molecular weight is 280 g/mol. The van der Waals surface area contributed by atoms with Crippen LogP contribution in [-0.4, -0.2) is 32.9 Å². The fraction of sp³-hybridized carbons (Fsp3) is 0.714. The zero-order valence-electron chi connectivity index (χ0n) is 12.9. The summed E-state index contributed by atoms with van der Waals surface area (Å²) in [6.07, 6.45) is 0.429. The summed E-state index contributed by atoms with van der Waals surface area (Å²) in [5.41, 5.74) is 7.61. The summed E-state index contributed by atoms with van der Waals surface area (Å²) in [6, 6.07) is 0.218. The van der Waals surface area contributed by atoms with E-state index in [9.17, 15) is 4.79 Å². The summed E-state index contributed by atoms with van der Waals surface area (Å²) in [5.74, 6) is 0.656. The van der Waals surface area contributed by atoms with Crippen molar-refractivity contribution in [2.45, 2.75) is 59.2 Å². The lowest BCUT2D eigenvalue weighted by atomic mass is 10.1. The predicted octanol–water partition coefficient (Wildman–Crippen LogP) is 2.34. The van der Waals surface area contributed by atoms with E-state index in [2.05, 4.69) is 5.10 Å². The van der Waals surface area contributed by atoms with Gasteiger partial charge in [0.1, 0.15) is 11.4 Å². The molecule has 0 saturated carbocycles. The van der Waals surface area contributed by atoms with Crippen LogP contribution in [-0.2, 0) is 17.7 Å². The molecule has 2 heterocycles. The van der Waals surface area contributed by atoms with Gasteiger partial charge in [-0.3, -0.25) is 0 Å². The van der Waals surface area contributed by atoms with Gasteiger partial charge in [-0.05, 0) is 34.6 Å². The number of ether oxygens (including phenoxy) is 1. The highest BCUT2D eigenvalue weighted by Gasteiger charge is 2.29. The van der Waals surface area contributed by atoms with E-state index in [1.807, 2.05) is 39.3 Å². The summed E-state index contributed by atoms with van der Waals surface area (Å²) in [4.78, 5) is 13.8. The van der Waals surface area contributed by atoms with Crippen molar-refractivity contribution in [3.8, 4) is 0 Å². The quantitative estimate of drug-likeness (QED) is 0.857. The number of hydrogen-bond donors (Lipinski definition) is 1. The van der Waals surface area contributed by atoms with Gasteiger partial charge in [0.05, 0.1) is 12.2 Å². The van der Waals surface area contributed by atoms with Crippen LogP contribution in [0.1, 0.15) is 51.9 Å². The first kappa shape index (κ1) is 14.7. The van der Waals surface area contributed by atoms with E-state index in [1.54, 1.807) is 4.90 Å². The Morgan fingerprint density at radius 3 is 2.60 bits per heavy atom. The molecule has 2 rings (SSSR count). The standard InChI is InChI=1S/C14H24N4O2/c1-9(2)18-12(15)10-8-17(7-6-11(10)16-18)13(19)20-14(3,4)5/h9H,6-8,15H2,1-5H3. The lowest BCUT2D eigenvalue weighted by molar-refractivity contribution is 0.0224. The van der Waals surface area contributed by atoms with Crippen LogP contribution in [0, 0.1) is 0 Å². The number of carbonyl (C=O) groups excluding carboxylic acids is 1. The Kier molecular flexibility index (Phi) is 3.67. The molecule has 0 atom stereocenters. The first-order valence-electron chi connectivity index (χ1n) is 7.02. The van der Waals surface area contributed by atoms with Gasteiger partial charge in [0.2, 0.25) is 0 Å². The van der Waals surface area contributed by atoms with Gasteiger partial charge < -0.3 is 15.4 Å². The predicted molar refractivity (Wildman–Crippen MR) is 77.4 cm³/mol. The molecule has 0 bridgehead atoms. The number of carbonyl (C=O) groups is 1. The van der Waals surface area contributed by atoms with Crippen LogP contribution in [0.5, 0.6) is 0 Å². The Balaban J connectivity index is 2.17. The highest BCUT2D eigenvalue weighted by Crippen LogP contribution is 2.27. The molecule has 0 saturated heterocycles. The lowest BCUT2D eigenvalue weighted by Crippen LogP contribution is -2.39. The van der Waals surface area contributed by atoms with Gasteiger partial charge in [-0.1, -0.05) is 0 Å². The average Bonchev–Trinajstić information content (AvgIpc) is 2.64. The summed E-state index contributed by atoms with van der Waals surface area (Å²) in [7, 11) is 0. The second-order valence-corrected chi connectivity index (χ2v) is 6.50. The molecule has 112 valence electrons. The van der Waals surface area contributed by atoms with Gasteiger partial charge in [-0.25, -0.2) is 9.48 Å². The normalized spacial score (nSPS) is 15.4. The molecule has 1 aromatic rings. The van der Waals surface area contributed by atoms with Crippen molar-refractivity contribution in [3.63, 3.8) is 0 Å². The Bertz CT molecular complexity index is 514. The fourth-order valence-electron chi connectivity index (χ4n) is 2.29. The van der Waals surface area contributed by atoms with Gasteiger partial charge in [-0.15, -0.1) is 0 Å². The highest BCUT2D eigenvalue weighted by molar-refractivity contribution is 5.69. The minimum Gasteiger partial charge on any atom is -0.444 e. The number of aromatic nitrogens is 2. The van der Waals surface area contributed by atoms with Crippen LogP contribution in [0.25, 0.3) is 0 Å². The third-order valence-corrected chi connectivity index (χ3v) is 3.24. The van der Waals surface area contributed by atoms with E-state index >= 15 is 0 Å². The number of anilines is 1. The molecule has 2 N–H and O–H groups in total. The number of rotatable bonds is 1. The molecule has 6 heteroatoms. The van der Waals surface area contributed by atoms with Crippen molar-refractivity contribution in [1.82, 2.24) is 14.7 Å². The minimum absolute atomic E-state index is 0.218. The first-order valence-corrected chi connectivity index (χ1v) is 7.02. The number of amides is 1. The number of hydrogen-bond acceptors (Lipinski definition) is 4. The van der Waals surface area contributed by atoms with E-state index in [0.29, 0.717) is 18.9 Å². The lowest BCUT2D eigenvalue weighted by Gasteiger charge is -2.29. The van der Waals surface area contributed by atoms with Crippen LogP contribution >= 0.6 is 0 Å². The van der Waals surface area contributed by atoms with Crippen molar-refractivity contribution >= 4 is 11.9 Å². The molecule has 0 unspecified atom stereocenters. The Hall–Kier alpha value is -1.72. The molecule has 0 fully saturated rings. The number of nitrogen functional groups attached to an aromatic ring is 1. The Morgan fingerprint density at radius 1 is 1.40 bits per heavy atom. The molecule has 0 spiro atoms. The van der Waals surface area contributed by atoms with Gasteiger partial charge in [0.15, 0.2) is 0 Å². The van der Waals surface area contributed by atoms with Crippen LogP contribution in [0.2, 0.25) is 0 Å². The second-order valence-electron chi connectivity index (χ2n) is 6.50. The van der Waals surface area contributed by atoms with Crippen LogP contribution < -0.4 is 5.73 Å². The highest BCUT2D eigenvalue weighted by atomic mass is 16.6. The van der Waals surface area contributed by atoms with E-state index in [-0.39, 0.29) is 12.1 Å². The Labute approximate surface area is 119 Å². The monoisotopic (exact) mass is 280 g/mol. The van der Waals surface area contributed by atoms with Crippen molar-refractivity contribution in [2.75, 3.05) is 12.3 Å². The molecule has 0 radical (unpaired) electrons. The van der Waals surface area contributed by atoms with Crippen molar-refractivity contribution < 1.29 is 9.53 Å². The zero-order valence-corrected chi connectivity index (χ0v) is 12.9. The summed E-state index contributed by atoms with van der Waals surface area (Å²) < 4.78 is 7.23. The molecule has 1 aliphatic heterocycles. The molecule has 20 heavy (non-hydrogen) atoms. The third kappa shape index (κ3) is 2.89. The number of nitrogens with two attached hydrogens (primary N) is 1. The van der Waals surface area contributed by atoms with Gasteiger partial charge in [-0.2, -0.15) is 5.10 Å². The van der Waals surface area contributed by atoms with Crippen molar-refractivity contribution in [3.05, 3.63) is 11.3 Å². The summed E-state index contributed by atoms with van der Waals surface area (Å²) in [6.45, 7) is 10.8. The molecule has 0 aliphatic carbocycles. The number of nitrogens with zero attached hydrogens (tertiary/aromatic N) is 3. The molecule has 6 nitrogen and oxygen atoms in total. The summed E-state index contributed by atoms with van der Waals surface area (Å²) >= 11 is 0. The molecule has 1 aromatic heterocycles. The maximum Gasteiger partial charge on any atom is 0.410 e. The van der Waals surface area contributed by atoms with E-state index in [1.165, 1.54) is 0 Å². The van der Waals surface area contributed by atoms with Gasteiger partial charge in [0, 0.05) is 24.6 Å². The second kappa shape index (κ2) is 5.00. The van der Waals surface area contributed by atoms with Crippen molar-refractivity contribution in [1.29, 1.82) is 0 Å². The van der Waals surface area contributed by atoms with Crippen LogP contribution in [0.3, 0.4) is 0 Å². The summed E-state index contributed by atoms with van der Waals surface area (Å²) in [5, 5.41) is 4.53. The molecule has 1 amide bonds. The SMILES string of the molecule is CC(C)n1nc2c(c1N)CN(C(=O)OC(C)(C)C)CC2. The molecule has 0 aromatic carbocycles. The maximum absolute atomic E-state index is 12.1. The minimum atomic E-state index is -0.481. The van der Waals surface area contributed by atoms with E-state index in [4.69, 9.17) is 10.5 Å². The van der Waals surface area contributed by atoms with Crippen molar-refractivity contribution in [2.24, 2.45) is 0 Å². The largest absolute Gasteiger partial charge is 0.444 e. The van der Waals surface area contributed by atoms with E-state index in [0.717, 1.165) is 17.7 Å². The van der Waals surface area contributed by atoms with Gasteiger partial charge in [0.25, 0.3) is 0 Å². The van der Waals surface area contributed by atoms with Gasteiger partial charge >= 0.3 is 6.09 Å². The number of fused-ring (bicyclic) bond motifs is 1. The smallest absolute Gasteiger partial charge is 0.410 e. The molecule has 1 aliphatic rings. The topological polar surface area (TPSA) is 73.4 Å². The van der Waals surface area contributed by atoms with E-state index < -0.39 is 5.60 Å². The molecular formula is C14H24N4O2. The van der Waals surface area contributed by atoms with Crippen LogP contribution in [0.4, 0.5) is 10.6 Å². The maximum atomic E-state index is 12.1. The third-order valence-electron chi connectivity index (χ3n) is 3.24. The fourth-order valence-corrected chi connectivity index (χ4v) is 2.29. The van der Waals surface area contributed by atoms with Crippen LogP contribution in [0.15, 0.2) is 0 Å². The first-order chi connectivity index (χ1) is 9.19.